The first kappa shape index (κ1) is 9.68. The van der Waals surface area contributed by atoms with E-state index in [-0.39, 0.29) is 5.41 Å². The maximum absolute atomic E-state index is 11.7. The van der Waals surface area contributed by atoms with Crippen LogP contribution in [0.1, 0.15) is 45.4 Å². The van der Waals surface area contributed by atoms with Crippen molar-refractivity contribution in [1.82, 2.24) is 0 Å². The molecular weight excluding hydrogens is 188 g/mol. The summed E-state index contributed by atoms with van der Waals surface area (Å²) in [6.07, 6.45) is 7.02. The van der Waals surface area contributed by atoms with Crippen LogP contribution in [0.4, 0.5) is 0 Å². The summed E-state index contributed by atoms with van der Waals surface area (Å²) in [4.78, 5) is 11.7. The van der Waals surface area contributed by atoms with Crippen molar-refractivity contribution >= 4 is 5.97 Å². The van der Waals surface area contributed by atoms with E-state index >= 15 is 0 Å². The van der Waals surface area contributed by atoms with Crippen LogP contribution in [-0.2, 0) is 4.79 Å². The molecule has 2 heteroatoms. The lowest BCUT2D eigenvalue weighted by molar-refractivity contribution is -0.155. The van der Waals surface area contributed by atoms with Gasteiger partial charge in [-0.05, 0) is 55.8 Å². The Kier molecular flexibility index (Phi) is 1.93. The third-order valence-electron chi connectivity index (χ3n) is 5.66. The highest BCUT2D eigenvalue weighted by molar-refractivity contribution is 5.77. The monoisotopic (exact) mass is 208 g/mol. The molecule has 3 rings (SSSR count). The van der Waals surface area contributed by atoms with Gasteiger partial charge in [-0.15, -0.1) is 0 Å². The maximum atomic E-state index is 11.7. The number of rotatable bonds is 2. The van der Waals surface area contributed by atoms with E-state index in [9.17, 15) is 9.90 Å². The summed E-state index contributed by atoms with van der Waals surface area (Å²) in [6, 6.07) is 0. The fourth-order valence-corrected chi connectivity index (χ4v) is 5.17. The summed E-state index contributed by atoms with van der Waals surface area (Å²) in [6.45, 7) is 2.23. The van der Waals surface area contributed by atoms with Crippen molar-refractivity contribution < 1.29 is 9.90 Å². The molecule has 0 aromatic carbocycles. The standard InChI is InChI=1S/C13H20O2/c1-2-8-5-6-13(12(14)15)10-4-3-9(7-10)11(8)13/h8-11H,2-7H2,1H3,(H,14,15)/t8?,9-,10+,11?,13-/m1/s1. The molecule has 5 atom stereocenters. The summed E-state index contributed by atoms with van der Waals surface area (Å²) in [7, 11) is 0. The van der Waals surface area contributed by atoms with E-state index < -0.39 is 5.97 Å². The van der Waals surface area contributed by atoms with E-state index in [1.54, 1.807) is 0 Å². The predicted octanol–water partition coefficient (Wildman–Crippen LogP) is 2.92. The second kappa shape index (κ2) is 2.99. The minimum Gasteiger partial charge on any atom is -0.481 e. The third-order valence-corrected chi connectivity index (χ3v) is 5.66. The van der Waals surface area contributed by atoms with Gasteiger partial charge in [0.25, 0.3) is 0 Å². The van der Waals surface area contributed by atoms with Crippen molar-refractivity contribution in [3.63, 3.8) is 0 Å². The summed E-state index contributed by atoms with van der Waals surface area (Å²) >= 11 is 0. The predicted molar refractivity (Wildman–Crippen MR) is 57.4 cm³/mol. The minimum atomic E-state index is -0.476. The van der Waals surface area contributed by atoms with Crippen LogP contribution in [0.2, 0.25) is 0 Å². The van der Waals surface area contributed by atoms with E-state index in [1.807, 2.05) is 0 Å². The average molecular weight is 208 g/mol. The molecule has 0 aliphatic heterocycles. The maximum Gasteiger partial charge on any atom is 0.310 e. The molecule has 2 unspecified atom stereocenters. The lowest BCUT2D eigenvalue weighted by Gasteiger charge is -2.37. The van der Waals surface area contributed by atoms with Gasteiger partial charge in [0.1, 0.15) is 0 Å². The number of aliphatic carboxylic acids is 1. The minimum absolute atomic E-state index is 0.288. The van der Waals surface area contributed by atoms with Crippen molar-refractivity contribution in [3.05, 3.63) is 0 Å². The second-order valence-electron chi connectivity index (χ2n) is 5.85. The van der Waals surface area contributed by atoms with Gasteiger partial charge in [-0.25, -0.2) is 0 Å². The highest BCUT2D eigenvalue weighted by atomic mass is 16.4. The molecule has 15 heavy (non-hydrogen) atoms. The Balaban J connectivity index is 2.01. The first-order valence-corrected chi connectivity index (χ1v) is 6.43. The Bertz CT molecular complexity index is 297. The first-order chi connectivity index (χ1) is 7.20. The number of fused-ring (bicyclic) bond motifs is 5. The highest BCUT2D eigenvalue weighted by Gasteiger charge is 2.66. The molecule has 3 aliphatic carbocycles. The molecule has 0 aromatic rings. The van der Waals surface area contributed by atoms with Gasteiger partial charge in [0, 0.05) is 0 Å². The molecular formula is C13H20O2. The van der Waals surface area contributed by atoms with Crippen LogP contribution in [0.3, 0.4) is 0 Å². The summed E-state index contributed by atoms with van der Waals surface area (Å²) in [5.74, 6) is 2.02. The lowest BCUT2D eigenvalue weighted by atomic mass is 9.66. The summed E-state index contributed by atoms with van der Waals surface area (Å²) in [5, 5.41) is 9.61. The highest BCUT2D eigenvalue weighted by Crippen LogP contribution is 2.68. The molecule has 0 aromatic heterocycles. The molecule has 0 amide bonds. The number of carboxylic acids is 1. The van der Waals surface area contributed by atoms with Gasteiger partial charge in [-0.2, -0.15) is 0 Å². The molecule has 3 aliphatic rings. The zero-order valence-electron chi connectivity index (χ0n) is 9.41. The normalized spacial score (nSPS) is 52.1. The topological polar surface area (TPSA) is 37.3 Å². The fraction of sp³-hybridized carbons (Fsp3) is 0.923. The SMILES string of the molecule is CCC1CC[C@]2(C(=O)O)C1[C@@H]1CC[C@H]2C1. The van der Waals surface area contributed by atoms with Gasteiger partial charge >= 0.3 is 5.97 Å². The van der Waals surface area contributed by atoms with Crippen molar-refractivity contribution in [3.8, 4) is 0 Å². The third kappa shape index (κ3) is 0.982. The molecule has 3 fully saturated rings. The average Bonchev–Trinajstić information content (AvgIpc) is 2.88. The van der Waals surface area contributed by atoms with Gasteiger partial charge in [0.05, 0.1) is 5.41 Å². The second-order valence-corrected chi connectivity index (χ2v) is 5.85. The van der Waals surface area contributed by atoms with Crippen molar-refractivity contribution in [1.29, 1.82) is 0 Å². The van der Waals surface area contributed by atoms with E-state index in [0.717, 1.165) is 12.3 Å². The zero-order chi connectivity index (χ0) is 10.6. The quantitative estimate of drug-likeness (QED) is 0.757. The molecule has 2 nitrogen and oxygen atoms in total. The van der Waals surface area contributed by atoms with Crippen LogP contribution >= 0.6 is 0 Å². The van der Waals surface area contributed by atoms with Crippen LogP contribution in [0.5, 0.6) is 0 Å². The van der Waals surface area contributed by atoms with Crippen LogP contribution in [-0.4, -0.2) is 11.1 Å². The van der Waals surface area contributed by atoms with Crippen LogP contribution in [0, 0.1) is 29.1 Å². The molecule has 0 spiro atoms. The van der Waals surface area contributed by atoms with Crippen LogP contribution in [0.25, 0.3) is 0 Å². The Morgan fingerprint density at radius 3 is 2.87 bits per heavy atom. The van der Waals surface area contributed by atoms with Crippen LogP contribution < -0.4 is 0 Å². The Labute approximate surface area is 91.1 Å². The molecule has 3 saturated carbocycles. The lowest BCUT2D eigenvalue weighted by Crippen LogP contribution is -2.41. The van der Waals surface area contributed by atoms with E-state index in [1.165, 1.54) is 32.1 Å². The summed E-state index contributed by atoms with van der Waals surface area (Å²) < 4.78 is 0. The molecule has 1 N–H and O–H groups in total. The molecule has 0 heterocycles. The Hall–Kier alpha value is -0.530. The van der Waals surface area contributed by atoms with E-state index in [4.69, 9.17) is 0 Å². The first-order valence-electron chi connectivity index (χ1n) is 6.43. The van der Waals surface area contributed by atoms with Gasteiger partial charge in [0.15, 0.2) is 0 Å². The molecule has 0 saturated heterocycles. The van der Waals surface area contributed by atoms with Crippen molar-refractivity contribution in [2.75, 3.05) is 0 Å². The van der Waals surface area contributed by atoms with Gasteiger partial charge in [-0.1, -0.05) is 13.3 Å². The molecule has 2 bridgehead atoms. The number of carbonyl (C=O) groups is 1. The van der Waals surface area contributed by atoms with Crippen LogP contribution in [0.15, 0.2) is 0 Å². The van der Waals surface area contributed by atoms with Crippen molar-refractivity contribution in [2.24, 2.45) is 29.1 Å². The number of carboxylic acid groups (broad SMARTS) is 1. The number of hydrogen-bond donors (Lipinski definition) is 1. The van der Waals surface area contributed by atoms with E-state index in [0.29, 0.717) is 17.8 Å². The summed E-state index contributed by atoms with van der Waals surface area (Å²) in [5.41, 5.74) is -0.288. The molecule has 84 valence electrons. The van der Waals surface area contributed by atoms with Crippen molar-refractivity contribution in [2.45, 2.75) is 45.4 Å². The smallest absolute Gasteiger partial charge is 0.310 e. The number of hydrogen-bond acceptors (Lipinski definition) is 1. The van der Waals surface area contributed by atoms with E-state index in [2.05, 4.69) is 6.92 Å². The molecule has 0 radical (unpaired) electrons. The Morgan fingerprint density at radius 1 is 1.40 bits per heavy atom. The van der Waals surface area contributed by atoms with Gasteiger partial charge in [-0.3, -0.25) is 4.79 Å². The van der Waals surface area contributed by atoms with Gasteiger partial charge < -0.3 is 5.11 Å². The fourth-order valence-electron chi connectivity index (χ4n) is 5.17. The largest absolute Gasteiger partial charge is 0.481 e. The zero-order valence-corrected chi connectivity index (χ0v) is 9.41. The van der Waals surface area contributed by atoms with Gasteiger partial charge in [0.2, 0.25) is 0 Å². The Morgan fingerprint density at radius 2 is 2.20 bits per heavy atom.